The monoisotopic (exact) mass is 345 g/mol. The zero-order valence-corrected chi connectivity index (χ0v) is 16.1. The summed E-state index contributed by atoms with van der Waals surface area (Å²) in [4.78, 5) is 16.8. The number of hydrogen-bond donors (Lipinski definition) is 1. The van der Waals surface area contributed by atoms with Gasteiger partial charge in [-0.1, -0.05) is 38.5 Å². The van der Waals surface area contributed by atoms with Crippen LogP contribution in [0.15, 0.2) is 5.03 Å². The molecule has 3 atom stereocenters. The van der Waals surface area contributed by atoms with Gasteiger partial charge in [0, 0.05) is 11.7 Å². The normalized spacial score (nSPS) is 23.6. The smallest absolute Gasteiger partial charge is 0.230 e. The molecule has 2 rings (SSSR count). The maximum atomic E-state index is 12.3. The number of aromatic nitrogens is 1. The van der Waals surface area contributed by atoms with E-state index in [1.165, 1.54) is 24.6 Å². The molecule has 0 aliphatic heterocycles. The number of carbonyl (C=O) groups excluding carboxylic acids is 1. The molecule has 0 saturated heterocycles. The van der Waals surface area contributed by atoms with E-state index in [1.54, 1.807) is 0 Å². The fraction of sp³-hybridized carbons (Fsp3) is 0.632. The second-order valence-electron chi connectivity index (χ2n) is 6.97. The third kappa shape index (κ3) is 4.10. The topological polar surface area (TPSA) is 65.8 Å². The lowest BCUT2D eigenvalue weighted by Crippen LogP contribution is -2.44. The van der Waals surface area contributed by atoms with E-state index in [0.717, 1.165) is 23.2 Å². The molecular weight excluding hydrogens is 318 g/mol. The standard InChI is InChI=1S/C19H27N3OS/c1-11-7-6-8-17(12(11)2)22-18(23)10-24-19-16(9-20)14(4)13(3)15(5)21-19/h11-12,17H,6-8,10H2,1-5H3,(H,22,23)/t11-,12-,17+/m0/s1. The zero-order chi connectivity index (χ0) is 17.9. The lowest BCUT2D eigenvalue weighted by Gasteiger charge is -2.34. The highest BCUT2D eigenvalue weighted by Gasteiger charge is 2.28. The second-order valence-corrected chi connectivity index (χ2v) is 7.93. The average molecular weight is 346 g/mol. The quantitative estimate of drug-likeness (QED) is 0.840. The second kappa shape index (κ2) is 8.02. The molecule has 1 aromatic rings. The van der Waals surface area contributed by atoms with Crippen molar-refractivity contribution in [2.75, 3.05) is 5.75 Å². The summed E-state index contributed by atoms with van der Waals surface area (Å²) < 4.78 is 0. The van der Waals surface area contributed by atoms with E-state index >= 15 is 0 Å². The van der Waals surface area contributed by atoms with Gasteiger partial charge in [-0.2, -0.15) is 5.26 Å². The number of pyridine rings is 1. The fourth-order valence-electron chi connectivity index (χ4n) is 3.32. The van der Waals surface area contributed by atoms with Gasteiger partial charge in [-0.05, 0) is 50.2 Å². The van der Waals surface area contributed by atoms with Crippen molar-refractivity contribution in [3.8, 4) is 6.07 Å². The molecule has 1 aromatic heterocycles. The summed E-state index contributed by atoms with van der Waals surface area (Å²) in [5.41, 5.74) is 3.52. The Hall–Kier alpha value is -1.54. The molecule has 1 heterocycles. The van der Waals surface area contributed by atoms with E-state index in [4.69, 9.17) is 0 Å². The Labute approximate surface area is 149 Å². The number of carbonyl (C=O) groups is 1. The van der Waals surface area contributed by atoms with E-state index in [2.05, 4.69) is 30.2 Å². The maximum Gasteiger partial charge on any atom is 0.230 e. The molecule has 0 unspecified atom stereocenters. The van der Waals surface area contributed by atoms with E-state index in [1.807, 2.05) is 20.8 Å². The van der Waals surface area contributed by atoms with Crippen LogP contribution in [-0.2, 0) is 4.79 Å². The summed E-state index contributed by atoms with van der Waals surface area (Å²) in [6.07, 6.45) is 3.49. The molecule has 5 heteroatoms. The molecule has 0 radical (unpaired) electrons. The Bertz CT molecular complexity index is 666. The summed E-state index contributed by atoms with van der Waals surface area (Å²) in [6, 6.07) is 2.50. The van der Waals surface area contributed by atoms with E-state index in [9.17, 15) is 10.1 Å². The van der Waals surface area contributed by atoms with Crippen molar-refractivity contribution in [3.05, 3.63) is 22.4 Å². The Morgan fingerprint density at radius 1 is 1.29 bits per heavy atom. The van der Waals surface area contributed by atoms with Crippen LogP contribution in [0.2, 0.25) is 0 Å². The SMILES string of the molecule is Cc1nc(SCC(=O)N[C@@H]2CCC[C@H](C)[C@@H]2C)c(C#N)c(C)c1C. The largest absolute Gasteiger partial charge is 0.352 e. The van der Waals surface area contributed by atoms with Gasteiger partial charge >= 0.3 is 0 Å². The fourth-order valence-corrected chi connectivity index (χ4v) is 4.21. The predicted molar refractivity (Wildman–Crippen MR) is 98.0 cm³/mol. The van der Waals surface area contributed by atoms with Gasteiger partial charge in [-0.3, -0.25) is 4.79 Å². The molecule has 1 fully saturated rings. The molecule has 1 amide bonds. The van der Waals surface area contributed by atoms with Crippen molar-refractivity contribution < 1.29 is 4.79 Å². The molecule has 1 aliphatic rings. The number of nitriles is 1. The molecule has 130 valence electrons. The van der Waals surface area contributed by atoms with Gasteiger partial charge < -0.3 is 5.32 Å². The number of nitrogens with zero attached hydrogens (tertiary/aromatic N) is 2. The van der Waals surface area contributed by atoms with Crippen molar-refractivity contribution in [1.29, 1.82) is 5.26 Å². The molecule has 4 nitrogen and oxygen atoms in total. The minimum absolute atomic E-state index is 0.0347. The number of aryl methyl sites for hydroxylation is 1. The van der Waals surface area contributed by atoms with Crippen LogP contribution in [0.5, 0.6) is 0 Å². The van der Waals surface area contributed by atoms with E-state index in [0.29, 0.717) is 28.2 Å². The van der Waals surface area contributed by atoms with Gasteiger partial charge in [-0.25, -0.2) is 4.98 Å². The molecule has 24 heavy (non-hydrogen) atoms. The van der Waals surface area contributed by atoms with Crippen LogP contribution >= 0.6 is 11.8 Å². The molecule has 0 spiro atoms. The van der Waals surface area contributed by atoms with E-state index < -0.39 is 0 Å². The maximum absolute atomic E-state index is 12.3. The first-order chi connectivity index (χ1) is 11.3. The molecule has 1 aliphatic carbocycles. The number of nitrogens with one attached hydrogen (secondary N) is 1. The van der Waals surface area contributed by atoms with Gasteiger partial charge in [0.25, 0.3) is 0 Å². The third-order valence-electron chi connectivity index (χ3n) is 5.47. The number of hydrogen-bond acceptors (Lipinski definition) is 4. The highest BCUT2D eigenvalue weighted by atomic mass is 32.2. The van der Waals surface area contributed by atoms with Crippen LogP contribution in [0.4, 0.5) is 0 Å². The first-order valence-corrected chi connectivity index (χ1v) is 9.63. The Balaban J connectivity index is 2.01. The van der Waals surface area contributed by atoms with Crippen molar-refractivity contribution in [3.63, 3.8) is 0 Å². The van der Waals surface area contributed by atoms with E-state index in [-0.39, 0.29) is 11.9 Å². The Kier molecular flexibility index (Phi) is 6.28. The van der Waals surface area contributed by atoms with Crippen LogP contribution < -0.4 is 5.32 Å². The van der Waals surface area contributed by atoms with Gasteiger partial charge in [0.05, 0.1) is 11.3 Å². The first kappa shape index (κ1) is 18.8. The number of rotatable bonds is 4. The van der Waals surface area contributed by atoms with Crippen LogP contribution in [0.25, 0.3) is 0 Å². The van der Waals surface area contributed by atoms with Crippen molar-refractivity contribution in [1.82, 2.24) is 10.3 Å². The van der Waals surface area contributed by atoms with Crippen molar-refractivity contribution in [2.45, 2.75) is 64.9 Å². The molecule has 1 saturated carbocycles. The first-order valence-electron chi connectivity index (χ1n) is 8.65. The summed E-state index contributed by atoms with van der Waals surface area (Å²) in [6.45, 7) is 10.4. The minimum Gasteiger partial charge on any atom is -0.352 e. The summed E-state index contributed by atoms with van der Waals surface area (Å²) in [5.74, 6) is 1.52. The summed E-state index contributed by atoms with van der Waals surface area (Å²) in [7, 11) is 0. The number of thioether (sulfide) groups is 1. The predicted octanol–water partition coefficient (Wildman–Crippen LogP) is 3.91. The van der Waals surface area contributed by atoms with Gasteiger partial charge in [0.1, 0.15) is 11.1 Å². The van der Waals surface area contributed by atoms with Crippen LogP contribution in [0, 0.1) is 43.9 Å². The number of amides is 1. The summed E-state index contributed by atoms with van der Waals surface area (Å²) >= 11 is 1.36. The lowest BCUT2D eigenvalue weighted by atomic mass is 9.78. The van der Waals surface area contributed by atoms with Gasteiger partial charge in [0.15, 0.2) is 0 Å². The van der Waals surface area contributed by atoms with Crippen LogP contribution in [-0.4, -0.2) is 22.7 Å². The third-order valence-corrected chi connectivity index (χ3v) is 6.44. The molecule has 0 bridgehead atoms. The van der Waals surface area contributed by atoms with Gasteiger partial charge in [-0.15, -0.1) is 0 Å². The lowest BCUT2D eigenvalue weighted by molar-refractivity contribution is -0.119. The average Bonchev–Trinajstić information content (AvgIpc) is 2.55. The minimum atomic E-state index is 0.0347. The van der Waals surface area contributed by atoms with Crippen LogP contribution in [0.3, 0.4) is 0 Å². The highest BCUT2D eigenvalue weighted by Crippen LogP contribution is 2.30. The van der Waals surface area contributed by atoms with Crippen molar-refractivity contribution >= 4 is 17.7 Å². The van der Waals surface area contributed by atoms with Crippen LogP contribution in [0.1, 0.15) is 55.5 Å². The highest BCUT2D eigenvalue weighted by molar-refractivity contribution is 8.00. The molecular formula is C19H27N3OS. The molecule has 1 N–H and O–H groups in total. The van der Waals surface area contributed by atoms with Gasteiger partial charge in [0.2, 0.25) is 5.91 Å². The summed E-state index contributed by atoms with van der Waals surface area (Å²) in [5, 5.41) is 13.2. The Morgan fingerprint density at radius 2 is 2.00 bits per heavy atom. The van der Waals surface area contributed by atoms with Crippen molar-refractivity contribution in [2.24, 2.45) is 11.8 Å². The zero-order valence-electron chi connectivity index (χ0n) is 15.3. The Morgan fingerprint density at radius 3 is 2.67 bits per heavy atom. The molecule has 0 aromatic carbocycles.